The van der Waals surface area contributed by atoms with Crippen molar-refractivity contribution in [3.8, 4) is 5.69 Å². The third kappa shape index (κ3) is 2.44. The molecule has 0 spiro atoms. The second-order valence-electron chi connectivity index (χ2n) is 5.06. The molecule has 5 heteroatoms. The monoisotopic (exact) mass is 292 g/mol. The van der Waals surface area contributed by atoms with Gasteiger partial charge in [0.15, 0.2) is 5.96 Å². The molecule has 1 amide bonds. The maximum absolute atomic E-state index is 12.0. The van der Waals surface area contributed by atoms with Crippen molar-refractivity contribution >= 4 is 22.6 Å². The second kappa shape index (κ2) is 5.37. The zero-order valence-corrected chi connectivity index (χ0v) is 12.2. The lowest BCUT2D eigenvalue weighted by Gasteiger charge is -2.08. The van der Waals surface area contributed by atoms with Crippen LogP contribution in [0.2, 0.25) is 0 Å². The van der Waals surface area contributed by atoms with Crippen LogP contribution in [0, 0.1) is 6.92 Å². The number of nitrogens with two attached hydrogens (primary N) is 2. The van der Waals surface area contributed by atoms with Crippen LogP contribution in [-0.2, 0) is 0 Å². The van der Waals surface area contributed by atoms with Crippen LogP contribution in [0.3, 0.4) is 0 Å². The van der Waals surface area contributed by atoms with Crippen LogP contribution < -0.4 is 11.5 Å². The van der Waals surface area contributed by atoms with Crippen LogP contribution in [-0.4, -0.2) is 16.4 Å². The number of hydrogen-bond acceptors (Lipinski definition) is 1. The highest BCUT2D eigenvalue weighted by atomic mass is 16.1. The smallest absolute Gasteiger partial charge is 0.282 e. The molecule has 0 saturated carbocycles. The van der Waals surface area contributed by atoms with Gasteiger partial charge in [0, 0.05) is 17.6 Å². The molecule has 0 saturated heterocycles. The fraction of sp³-hybridized carbons (Fsp3) is 0.0588. The molecule has 22 heavy (non-hydrogen) atoms. The Balaban J connectivity index is 2.06. The first-order valence-electron chi connectivity index (χ1n) is 6.87. The molecule has 0 atom stereocenters. The molecular weight excluding hydrogens is 276 g/mol. The van der Waals surface area contributed by atoms with Gasteiger partial charge >= 0.3 is 0 Å². The molecule has 0 aliphatic carbocycles. The second-order valence-corrected chi connectivity index (χ2v) is 5.06. The molecule has 2 aromatic carbocycles. The van der Waals surface area contributed by atoms with E-state index < -0.39 is 5.91 Å². The Morgan fingerprint density at radius 1 is 1.05 bits per heavy atom. The normalized spacial score (nSPS) is 10.6. The van der Waals surface area contributed by atoms with Crippen molar-refractivity contribution in [3.05, 3.63) is 66.0 Å². The summed E-state index contributed by atoms with van der Waals surface area (Å²) in [5.41, 5.74) is 12.8. The van der Waals surface area contributed by atoms with Crippen LogP contribution >= 0.6 is 0 Å². The molecule has 110 valence electrons. The van der Waals surface area contributed by atoms with Crippen LogP contribution in [0.5, 0.6) is 0 Å². The van der Waals surface area contributed by atoms with Gasteiger partial charge in [-0.05, 0) is 35.9 Å². The summed E-state index contributed by atoms with van der Waals surface area (Å²) in [6, 6.07) is 16.0. The molecular formula is C17H16N4O. The van der Waals surface area contributed by atoms with Crippen molar-refractivity contribution in [2.24, 2.45) is 16.5 Å². The van der Waals surface area contributed by atoms with Crippen LogP contribution in [0.1, 0.15) is 16.1 Å². The minimum atomic E-state index is -0.433. The Labute approximate surface area is 127 Å². The summed E-state index contributed by atoms with van der Waals surface area (Å²) in [5.74, 6) is -0.667. The average molecular weight is 292 g/mol. The molecule has 4 N–H and O–H groups in total. The highest BCUT2D eigenvalue weighted by Gasteiger charge is 2.13. The lowest BCUT2D eigenvalue weighted by Crippen LogP contribution is -2.24. The molecule has 1 heterocycles. The third-order valence-electron chi connectivity index (χ3n) is 3.61. The number of aromatic nitrogens is 1. The van der Waals surface area contributed by atoms with Gasteiger partial charge in [-0.2, -0.15) is 4.99 Å². The predicted molar refractivity (Wildman–Crippen MR) is 88.2 cm³/mol. The van der Waals surface area contributed by atoms with Gasteiger partial charge in [-0.3, -0.25) is 4.79 Å². The largest absolute Gasteiger partial charge is 0.370 e. The van der Waals surface area contributed by atoms with Gasteiger partial charge in [-0.15, -0.1) is 0 Å². The van der Waals surface area contributed by atoms with Gasteiger partial charge in [0.05, 0.1) is 5.56 Å². The summed E-state index contributed by atoms with van der Waals surface area (Å²) in [6.07, 6.45) is 1.84. The number of benzene rings is 2. The molecule has 1 aromatic heterocycles. The Morgan fingerprint density at radius 3 is 2.50 bits per heavy atom. The Hall–Kier alpha value is -3.08. The summed E-state index contributed by atoms with van der Waals surface area (Å²) < 4.78 is 1.95. The predicted octanol–water partition coefficient (Wildman–Crippen LogP) is 2.35. The van der Waals surface area contributed by atoms with E-state index in [0.29, 0.717) is 5.56 Å². The lowest BCUT2D eigenvalue weighted by atomic mass is 10.1. The van der Waals surface area contributed by atoms with Crippen molar-refractivity contribution in [1.82, 2.24) is 4.57 Å². The van der Waals surface area contributed by atoms with E-state index in [1.807, 2.05) is 35.9 Å². The van der Waals surface area contributed by atoms with E-state index in [0.717, 1.165) is 16.8 Å². The van der Waals surface area contributed by atoms with Gasteiger partial charge in [0.25, 0.3) is 5.91 Å². The molecule has 0 aliphatic heterocycles. The van der Waals surface area contributed by atoms with Crippen molar-refractivity contribution in [3.63, 3.8) is 0 Å². The maximum atomic E-state index is 12.0. The van der Waals surface area contributed by atoms with E-state index in [-0.39, 0.29) is 5.96 Å². The van der Waals surface area contributed by atoms with Crippen molar-refractivity contribution in [1.29, 1.82) is 0 Å². The highest BCUT2D eigenvalue weighted by molar-refractivity contribution is 6.02. The summed E-state index contributed by atoms with van der Waals surface area (Å²) in [7, 11) is 0. The van der Waals surface area contributed by atoms with Crippen molar-refractivity contribution < 1.29 is 4.79 Å². The molecule has 0 radical (unpaired) electrons. The van der Waals surface area contributed by atoms with E-state index in [1.165, 1.54) is 5.39 Å². The number of carbonyl (C=O) groups is 1. The molecule has 0 bridgehead atoms. The van der Waals surface area contributed by atoms with Gasteiger partial charge in [0.1, 0.15) is 0 Å². The number of hydrogen-bond donors (Lipinski definition) is 2. The fourth-order valence-electron chi connectivity index (χ4n) is 2.52. The number of nitrogens with zero attached hydrogens (tertiary/aromatic N) is 2. The van der Waals surface area contributed by atoms with Crippen LogP contribution in [0.25, 0.3) is 16.5 Å². The molecule has 3 rings (SSSR count). The molecule has 3 aromatic rings. The maximum Gasteiger partial charge on any atom is 0.282 e. The number of amides is 1. The zero-order valence-electron chi connectivity index (χ0n) is 12.2. The van der Waals surface area contributed by atoms with E-state index in [1.54, 1.807) is 6.07 Å². The average Bonchev–Trinajstić information content (AvgIpc) is 2.88. The first-order valence-corrected chi connectivity index (χ1v) is 6.87. The lowest BCUT2D eigenvalue weighted by molar-refractivity contribution is 0.100. The zero-order chi connectivity index (χ0) is 15.7. The van der Waals surface area contributed by atoms with Crippen molar-refractivity contribution in [2.45, 2.75) is 6.92 Å². The van der Waals surface area contributed by atoms with Gasteiger partial charge in [0.2, 0.25) is 0 Å². The van der Waals surface area contributed by atoms with Crippen LogP contribution in [0.15, 0.2) is 59.7 Å². The molecule has 0 unspecified atom stereocenters. The fourth-order valence-corrected chi connectivity index (χ4v) is 2.52. The van der Waals surface area contributed by atoms with E-state index in [2.05, 4.69) is 29.3 Å². The number of fused-ring (bicyclic) bond motifs is 1. The number of guanidine groups is 1. The molecule has 0 fully saturated rings. The van der Waals surface area contributed by atoms with Crippen molar-refractivity contribution in [2.75, 3.05) is 0 Å². The minimum Gasteiger partial charge on any atom is -0.370 e. The number of carbonyl (C=O) groups excluding carboxylic acids is 1. The summed E-state index contributed by atoms with van der Waals surface area (Å²) in [4.78, 5) is 15.6. The van der Waals surface area contributed by atoms with Crippen LogP contribution in [0.4, 0.5) is 0 Å². The summed E-state index contributed by atoms with van der Waals surface area (Å²) >= 11 is 0. The summed E-state index contributed by atoms with van der Waals surface area (Å²) in [5, 5.41) is 2.32. The topological polar surface area (TPSA) is 86.4 Å². The van der Waals surface area contributed by atoms with E-state index in [9.17, 15) is 4.79 Å². The first kappa shape index (κ1) is 13.9. The molecule has 5 nitrogen and oxygen atoms in total. The van der Waals surface area contributed by atoms with E-state index >= 15 is 0 Å². The first-order chi connectivity index (χ1) is 10.6. The highest BCUT2D eigenvalue weighted by Crippen LogP contribution is 2.22. The molecule has 0 aliphatic rings. The van der Waals surface area contributed by atoms with Gasteiger partial charge < -0.3 is 16.0 Å². The van der Waals surface area contributed by atoms with Gasteiger partial charge in [-0.1, -0.05) is 30.3 Å². The minimum absolute atomic E-state index is 0.233. The summed E-state index contributed by atoms with van der Waals surface area (Å²) in [6.45, 7) is 1.87. The SMILES string of the molecule is Cc1c(C(=O)N=C(N)N)ccn1-c1ccc2ccccc2c1. The van der Waals surface area contributed by atoms with E-state index in [4.69, 9.17) is 11.5 Å². The Bertz CT molecular complexity index is 889. The Kier molecular flexibility index (Phi) is 3.39. The number of aliphatic imine (C=N–C) groups is 1. The standard InChI is InChI=1S/C17H16N4O/c1-11-15(16(22)20-17(18)19)8-9-21(11)14-7-6-12-4-2-3-5-13(12)10-14/h2-10H,1H3,(H4,18,19,20,22). The number of rotatable bonds is 2. The van der Waals surface area contributed by atoms with Gasteiger partial charge in [-0.25, -0.2) is 0 Å². The quantitative estimate of drug-likeness (QED) is 0.561. The third-order valence-corrected chi connectivity index (χ3v) is 3.61. The Morgan fingerprint density at radius 2 is 1.77 bits per heavy atom.